The summed E-state index contributed by atoms with van der Waals surface area (Å²) in [7, 11) is 0. The molecule has 0 rings (SSSR count). The van der Waals surface area contributed by atoms with Gasteiger partial charge in [-0.25, -0.2) is 8.78 Å². The van der Waals surface area contributed by atoms with Crippen molar-refractivity contribution in [2.75, 3.05) is 19.8 Å². The summed E-state index contributed by atoms with van der Waals surface area (Å²) in [5, 5.41) is 0. The number of halogens is 2. The number of nitrogens with zero attached hydrogens (tertiary/aromatic N) is 1. The molecule has 0 aliphatic heterocycles. The van der Waals surface area contributed by atoms with E-state index < -0.39 is 13.0 Å². The van der Waals surface area contributed by atoms with Crippen molar-refractivity contribution >= 4 is 5.84 Å². The highest BCUT2D eigenvalue weighted by atomic mass is 19.3. The number of hydrogen-bond acceptors (Lipinski definition) is 2. The zero-order valence-electron chi connectivity index (χ0n) is 7.96. The zero-order valence-corrected chi connectivity index (χ0v) is 7.96. The van der Waals surface area contributed by atoms with E-state index in [1.165, 1.54) is 0 Å². The first kappa shape index (κ1) is 12.3. The Kier molecular flexibility index (Phi) is 6.40. The van der Waals surface area contributed by atoms with Gasteiger partial charge in [-0.3, -0.25) is 4.99 Å². The molecule has 0 fully saturated rings. The molecule has 2 N–H and O–H groups in total. The van der Waals surface area contributed by atoms with E-state index >= 15 is 0 Å². The molecule has 0 saturated heterocycles. The van der Waals surface area contributed by atoms with Gasteiger partial charge in [0, 0.05) is 5.92 Å². The molecule has 0 saturated carbocycles. The fourth-order valence-electron chi connectivity index (χ4n) is 0.594. The minimum Gasteiger partial charge on any atom is -0.387 e. The minimum absolute atomic E-state index is 0.190. The number of rotatable bonds is 6. The zero-order chi connectivity index (χ0) is 10.3. The van der Waals surface area contributed by atoms with Gasteiger partial charge < -0.3 is 10.5 Å². The molecule has 0 aliphatic rings. The van der Waals surface area contributed by atoms with Crippen molar-refractivity contribution in [3.63, 3.8) is 0 Å². The molecule has 0 spiro atoms. The first-order chi connectivity index (χ1) is 6.04. The monoisotopic (exact) mass is 194 g/mol. The summed E-state index contributed by atoms with van der Waals surface area (Å²) in [4.78, 5) is 3.95. The Morgan fingerprint density at radius 2 is 2.08 bits per heavy atom. The standard InChI is InChI=1S/C8H16F2N2O/c1-6(2)8(11)12-3-4-13-5-7(9)10/h6-7H,3-5H2,1-2H3,(H2,11,12). The van der Waals surface area contributed by atoms with E-state index in [0.29, 0.717) is 12.4 Å². The molecule has 0 aromatic rings. The van der Waals surface area contributed by atoms with Crippen molar-refractivity contribution in [1.82, 2.24) is 0 Å². The average Bonchev–Trinajstić information content (AvgIpc) is 2.02. The first-order valence-electron chi connectivity index (χ1n) is 4.19. The third-order valence-corrected chi connectivity index (χ3v) is 1.37. The highest BCUT2D eigenvalue weighted by Crippen LogP contribution is 1.93. The molecule has 13 heavy (non-hydrogen) atoms. The Bertz CT molecular complexity index is 160. The third kappa shape index (κ3) is 7.64. The van der Waals surface area contributed by atoms with Crippen LogP contribution >= 0.6 is 0 Å². The maximum atomic E-state index is 11.6. The van der Waals surface area contributed by atoms with E-state index in [-0.39, 0.29) is 12.5 Å². The van der Waals surface area contributed by atoms with E-state index in [0.717, 1.165) is 0 Å². The number of nitrogens with two attached hydrogens (primary N) is 1. The molecule has 0 unspecified atom stereocenters. The van der Waals surface area contributed by atoms with Crippen LogP contribution in [-0.2, 0) is 4.74 Å². The van der Waals surface area contributed by atoms with Crippen LogP contribution in [0.15, 0.2) is 4.99 Å². The summed E-state index contributed by atoms with van der Waals surface area (Å²) in [5.41, 5.74) is 5.50. The quantitative estimate of drug-likeness (QED) is 0.393. The lowest BCUT2D eigenvalue weighted by molar-refractivity contribution is 0.0207. The van der Waals surface area contributed by atoms with Gasteiger partial charge in [-0.15, -0.1) is 0 Å². The molecule has 0 aromatic heterocycles. The van der Waals surface area contributed by atoms with E-state index in [1.54, 1.807) is 0 Å². The fourth-order valence-corrected chi connectivity index (χ4v) is 0.594. The molecule has 0 radical (unpaired) electrons. The van der Waals surface area contributed by atoms with Crippen LogP contribution in [0.25, 0.3) is 0 Å². The van der Waals surface area contributed by atoms with Crippen molar-refractivity contribution < 1.29 is 13.5 Å². The van der Waals surface area contributed by atoms with Crippen molar-refractivity contribution in [3.05, 3.63) is 0 Å². The Labute approximate surface area is 77.0 Å². The van der Waals surface area contributed by atoms with Crippen LogP contribution in [0, 0.1) is 5.92 Å². The molecule has 0 aliphatic carbocycles. The molecule has 0 amide bonds. The van der Waals surface area contributed by atoms with Gasteiger partial charge in [-0.05, 0) is 0 Å². The number of alkyl halides is 2. The molecule has 78 valence electrons. The van der Waals surface area contributed by atoms with E-state index in [9.17, 15) is 8.78 Å². The van der Waals surface area contributed by atoms with Crippen molar-refractivity contribution in [1.29, 1.82) is 0 Å². The smallest absolute Gasteiger partial charge is 0.261 e. The normalized spacial score (nSPS) is 12.9. The maximum absolute atomic E-state index is 11.6. The molecular weight excluding hydrogens is 178 g/mol. The Morgan fingerprint density at radius 1 is 1.46 bits per heavy atom. The second-order valence-corrected chi connectivity index (χ2v) is 2.93. The van der Waals surface area contributed by atoms with Crippen LogP contribution in [0.5, 0.6) is 0 Å². The van der Waals surface area contributed by atoms with Crippen molar-refractivity contribution in [2.45, 2.75) is 20.3 Å². The molecule has 0 heterocycles. The van der Waals surface area contributed by atoms with Crippen LogP contribution in [0.4, 0.5) is 8.78 Å². The molecule has 0 aromatic carbocycles. The van der Waals surface area contributed by atoms with E-state index in [4.69, 9.17) is 5.73 Å². The van der Waals surface area contributed by atoms with Gasteiger partial charge in [0.25, 0.3) is 6.43 Å². The lowest BCUT2D eigenvalue weighted by atomic mass is 10.2. The highest BCUT2D eigenvalue weighted by Gasteiger charge is 2.01. The highest BCUT2D eigenvalue weighted by molar-refractivity contribution is 5.82. The van der Waals surface area contributed by atoms with E-state index in [1.807, 2.05) is 13.8 Å². The van der Waals surface area contributed by atoms with Crippen molar-refractivity contribution in [3.8, 4) is 0 Å². The number of aliphatic imine (C=N–C) groups is 1. The third-order valence-electron chi connectivity index (χ3n) is 1.37. The van der Waals surface area contributed by atoms with Crippen molar-refractivity contribution in [2.24, 2.45) is 16.6 Å². The van der Waals surface area contributed by atoms with Gasteiger partial charge in [0.1, 0.15) is 6.61 Å². The van der Waals surface area contributed by atoms with Crippen LogP contribution in [0.3, 0.4) is 0 Å². The van der Waals surface area contributed by atoms with Crippen LogP contribution < -0.4 is 5.73 Å². The topological polar surface area (TPSA) is 47.6 Å². The Hall–Kier alpha value is -0.710. The van der Waals surface area contributed by atoms with Gasteiger partial charge in [-0.2, -0.15) is 0 Å². The summed E-state index contributed by atoms with van der Waals surface area (Å²) >= 11 is 0. The summed E-state index contributed by atoms with van der Waals surface area (Å²) < 4.78 is 27.7. The number of hydrogen-bond donors (Lipinski definition) is 1. The van der Waals surface area contributed by atoms with Gasteiger partial charge in [0.15, 0.2) is 0 Å². The average molecular weight is 194 g/mol. The predicted octanol–water partition coefficient (Wildman–Crippen LogP) is 1.28. The van der Waals surface area contributed by atoms with Gasteiger partial charge in [-0.1, -0.05) is 13.8 Å². The van der Waals surface area contributed by atoms with Gasteiger partial charge >= 0.3 is 0 Å². The van der Waals surface area contributed by atoms with Gasteiger partial charge in [0.2, 0.25) is 0 Å². The van der Waals surface area contributed by atoms with Crippen LogP contribution in [-0.4, -0.2) is 32.0 Å². The number of amidine groups is 1. The molecule has 0 atom stereocenters. The molecular formula is C8H16F2N2O. The summed E-state index contributed by atoms with van der Waals surface area (Å²) in [6.07, 6.45) is -2.41. The SMILES string of the molecule is CC(C)C(N)=NCCOCC(F)F. The fraction of sp³-hybridized carbons (Fsp3) is 0.875. The van der Waals surface area contributed by atoms with Crippen LogP contribution in [0.2, 0.25) is 0 Å². The maximum Gasteiger partial charge on any atom is 0.261 e. The lowest BCUT2D eigenvalue weighted by Crippen LogP contribution is -2.20. The molecule has 0 bridgehead atoms. The van der Waals surface area contributed by atoms with Gasteiger partial charge in [0.05, 0.1) is 19.0 Å². The minimum atomic E-state index is -2.41. The first-order valence-corrected chi connectivity index (χ1v) is 4.19. The summed E-state index contributed by atoms with van der Waals surface area (Å²) in [5.74, 6) is 0.718. The second-order valence-electron chi connectivity index (χ2n) is 2.93. The van der Waals surface area contributed by atoms with E-state index in [2.05, 4.69) is 9.73 Å². The summed E-state index contributed by atoms with van der Waals surface area (Å²) in [6, 6.07) is 0. The largest absolute Gasteiger partial charge is 0.387 e. The summed E-state index contributed by atoms with van der Waals surface area (Å²) in [6.45, 7) is 3.84. The number of ether oxygens (including phenoxy) is 1. The Balaban J connectivity index is 3.39. The Morgan fingerprint density at radius 3 is 2.54 bits per heavy atom. The predicted molar refractivity (Wildman–Crippen MR) is 48.2 cm³/mol. The van der Waals surface area contributed by atoms with Crippen LogP contribution in [0.1, 0.15) is 13.8 Å². The lowest BCUT2D eigenvalue weighted by Gasteiger charge is -2.04. The molecule has 5 heteroatoms. The molecule has 3 nitrogen and oxygen atoms in total. The second kappa shape index (κ2) is 6.77.